The Morgan fingerprint density at radius 1 is 1.40 bits per heavy atom. The van der Waals surface area contributed by atoms with Crippen molar-refractivity contribution in [3.05, 3.63) is 33.9 Å². The fraction of sp³-hybridized carbons (Fsp3) is 0.500. The van der Waals surface area contributed by atoms with Gasteiger partial charge in [0.1, 0.15) is 6.61 Å². The average Bonchev–Trinajstić information content (AvgIpc) is 2.45. The molecule has 0 heterocycles. The van der Waals surface area contributed by atoms with E-state index in [1.807, 2.05) is 6.07 Å². The number of benzene rings is 1. The van der Waals surface area contributed by atoms with Gasteiger partial charge >= 0.3 is 5.69 Å². The van der Waals surface area contributed by atoms with Gasteiger partial charge in [-0.15, -0.1) is 0 Å². The molecule has 0 aliphatic heterocycles. The van der Waals surface area contributed by atoms with Crippen molar-refractivity contribution in [2.75, 3.05) is 6.61 Å². The Bertz CT molecular complexity index is 545. The van der Waals surface area contributed by atoms with Crippen LogP contribution in [0.4, 0.5) is 5.69 Å². The minimum absolute atomic E-state index is 0.171. The van der Waals surface area contributed by atoms with Crippen LogP contribution in [0.1, 0.15) is 37.7 Å². The van der Waals surface area contributed by atoms with Crippen molar-refractivity contribution in [3.8, 4) is 11.8 Å². The molecule has 0 amide bonds. The molecule has 0 atom stereocenters. The first-order chi connectivity index (χ1) is 9.54. The lowest BCUT2D eigenvalue weighted by Crippen LogP contribution is -2.47. The molecule has 1 fully saturated rings. The molecule has 6 nitrogen and oxygen atoms in total. The third kappa shape index (κ3) is 3.25. The zero-order valence-corrected chi connectivity index (χ0v) is 11.2. The summed E-state index contributed by atoms with van der Waals surface area (Å²) in [6.45, 7) is 0.264. The topological polar surface area (TPSA) is 102 Å². The van der Waals surface area contributed by atoms with Crippen LogP contribution < -0.4 is 10.5 Å². The first-order valence-electron chi connectivity index (χ1n) is 6.64. The number of ether oxygens (including phenoxy) is 1. The third-order valence-corrected chi connectivity index (χ3v) is 3.65. The van der Waals surface area contributed by atoms with Gasteiger partial charge in [-0.25, -0.2) is 0 Å². The van der Waals surface area contributed by atoms with Gasteiger partial charge in [0.2, 0.25) is 0 Å². The van der Waals surface area contributed by atoms with Crippen molar-refractivity contribution >= 4 is 5.69 Å². The highest BCUT2D eigenvalue weighted by Crippen LogP contribution is 2.31. The van der Waals surface area contributed by atoms with E-state index in [9.17, 15) is 10.1 Å². The van der Waals surface area contributed by atoms with Crippen molar-refractivity contribution in [1.82, 2.24) is 0 Å². The molecule has 2 N–H and O–H groups in total. The van der Waals surface area contributed by atoms with Crippen LogP contribution in [0.15, 0.2) is 18.2 Å². The lowest BCUT2D eigenvalue weighted by atomic mass is 9.83. The second-order valence-electron chi connectivity index (χ2n) is 5.26. The molecule has 1 saturated carbocycles. The van der Waals surface area contributed by atoms with Crippen LogP contribution in [0.2, 0.25) is 0 Å². The van der Waals surface area contributed by atoms with Crippen LogP contribution in [-0.2, 0) is 0 Å². The van der Waals surface area contributed by atoms with Gasteiger partial charge in [-0.1, -0.05) is 19.3 Å². The second-order valence-corrected chi connectivity index (χ2v) is 5.26. The number of nitriles is 1. The summed E-state index contributed by atoms with van der Waals surface area (Å²) in [5, 5.41) is 19.8. The normalized spacial score (nSPS) is 17.2. The van der Waals surface area contributed by atoms with Crippen molar-refractivity contribution in [3.63, 3.8) is 0 Å². The lowest BCUT2D eigenvalue weighted by Gasteiger charge is -2.32. The van der Waals surface area contributed by atoms with Crippen LogP contribution in [0, 0.1) is 21.4 Å². The van der Waals surface area contributed by atoms with E-state index in [1.165, 1.54) is 24.6 Å². The molecule has 0 saturated heterocycles. The Morgan fingerprint density at radius 2 is 2.10 bits per heavy atom. The molecule has 1 aromatic carbocycles. The Hall–Kier alpha value is -2.13. The Kier molecular flexibility index (Phi) is 4.20. The van der Waals surface area contributed by atoms with Crippen molar-refractivity contribution in [2.24, 2.45) is 5.73 Å². The first kappa shape index (κ1) is 14.3. The number of rotatable bonds is 4. The standard InChI is InChI=1S/C14H17N3O3/c15-9-11-4-5-13(12(8-11)17(18)19)20-10-14(16)6-2-1-3-7-14/h4-5,8H,1-3,6-7,10,16H2. The van der Waals surface area contributed by atoms with Crippen LogP contribution in [-0.4, -0.2) is 17.1 Å². The van der Waals surface area contributed by atoms with Gasteiger partial charge in [-0.05, 0) is 25.0 Å². The highest BCUT2D eigenvalue weighted by Gasteiger charge is 2.29. The van der Waals surface area contributed by atoms with Crippen LogP contribution in [0.3, 0.4) is 0 Å². The molecule has 0 bridgehead atoms. The molecule has 1 aromatic rings. The third-order valence-electron chi connectivity index (χ3n) is 3.65. The van der Waals surface area contributed by atoms with E-state index >= 15 is 0 Å². The number of hydrogen-bond donors (Lipinski definition) is 1. The average molecular weight is 275 g/mol. The second kappa shape index (κ2) is 5.88. The van der Waals surface area contributed by atoms with Gasteiger partial charge in [-0.2, -0.15) is 5.26 Å². The van der Waals surface area contributed by atoms with E-state index < -0.39 is 10.5 Å². The fourth-order valence-electron chi connectivity index (χ4n) is 2.47. The van der Waals surface area contributed by atoms with Crippen molar-refractivity contribution in [2.45, 2.75) is 37.6 Å². The summed E-state index contributed by atoms with van der Waals surface area (Å²) in [6.07, 6.45) is 5.05. The monoisotopic (exact) mass is 275 g/mol. The van der Waals surface area contributed by atoms with Crippen LogP contribution in [0.5, 0.6) is 5.75 Å². The minimum atomic E-state index is -0.541. The van der Waals surface area contributed by atoms with Gasteiger partial charge < -0.3 is 10.5 Å². The van der Waals surface area contributed by atoms with E-state index in [0.29, 0.717) is 0 Å². The molecule has 1 aliphatic rings. The number of nitrogens with two attached hydrogens (primary N) is 1. The maximum atomic E-state index is 11.0. The molecule has 0 aromatic heterocycles. The number of hydrogen-bond acceptors (Lipinski definition) is 5. The van der Waals surface area contributed by atoms with E-state index in [4.69, 9.17) is 15.7 Å². The molecule has 20 heavy (non-hydrogen) atoms. The zero-order valence-electron chi connectivity index (χ0n) is 11.2. The predicted octanol–water partition coefficient (Wildman–Crippen LogP) is 2.51. The zero-order chi connectivity index (χ0) is 14.6. The van der Waals surface area contributed by atoms with Gasteiger partial charge in [0.25, 0.3) is 0 Å². The van der Waals surface area contributed by atoms with E-state index in [1.54, 1.807) is 0 Å². The van der Waals surface area contributed by atoms with Crippen molar-refractivity contribution in [1.29, 1.82) is 5.26 Å². The summed E-state index contributed by atoms with van der Waals surface area (Å²) in [5.74, 6) is 0.171. The number of nitrogens with zero attached hydrogens (tertiary/aromatic N) is 2. The molecule has 0 unspecified atom stereocenters. The van der Waals surface area contributed by atoms with Crippen molar-refractivity contribution < 1.29 is 9.66 Å². The summed E-state index contributed by atoms with van der Waals surface area (Å²) in [7, 11) is 0. The quantitative estimate of drug-likeness (QED) is 0.671. The van der Waals surface area contributed by atoms with Gasteiger partial charge in [0.15, 0.2) is 5.75 Å². The summed E-state index contributed by atoms with van der Waals surface area (Å²) in [4.78, 5) is 10.5. The number of nitro benzene ring substituents is 1. The molecule has 0 spiro atoms. The van der Waals surface area contributed by atoms with Gasteiger partial charge in [-0.3, -0.25) is 10.1 Å². The largest absolute Gasteiger partial charge is 0.485 e. The molecule has 2 rings (SSSR count). The van der Waals surface area contributed by atoms with E-state index in [0.717, 1.165) is 25.7 Å². The summed E-state index contributed by atoms with van der Waals surface area (Å²) < 4.78 is 5.56. The van der Waals surface area contributed by atoms with E-state index in [2.05, 4.69) is 0 Å². The highest BCUT2D eigenvalue weighted by molar-refractivity contribution is 5.51. The van der Waals surface area contributed by atoms with E-state index in [-0.39, 0.29) is 23.6 Å². The van der Waals surface area contributed by atoms with Crippen LogP contribution in [0.25, 0.3) is 0 Å². The summed E-state index contributed by atoms with van der Waals surface area (Å²) in [5.41, 5.74) is 5.89. The maximum absolute atomic E-state index is 11.0. The molecule has 106 valence electrons. The first-order valence-corrected chi connectivity index (χ1v) is 6.64. The van der Waals surface area contributed by atoms with Crippen LogP contribution >= 0.6 is 0 Å². The molecular weight excluding hydrogens is 258 g/mol. The molecular formula is C14H17N3O3. The van der Waals surface area contributed by atoms with Gasteiger partial charge in [0.05, 0.1) is 22.1 Å². The lowest BCUT2D eigenvalue weighted by molar-refractivity contribution is -0.385. The SMILES string of the molecule is N#Cc1ccc(OCC2(N)CCCCC2)c([N+](=O)[O-])c1. The molecule has 1 aliphatic carbocycles. The Labute approximate surface area is 117 Å². The minimum Gasteiger partial charge on any atom is -0.485 e. The summed E-state index contributed by atoms with van der Waals surface area (Å²) in [6, 6.07) is 6.07. The molecule has 6 heteroatoms. The Morgan fingerprint density at radius 3 is 2.70 bits per heavy atom. The fourth-order valence-corrected chi connectivity index (χ4v) is 2.47. The smallest absolute Gasteiger partial charge is 0.312 e. The number of nitro groups is 1. The van der Waals surface area contributed by atoms with Gasteiger partial charge in [0, 0.05) is 6.07 Å². The highest BCUT2D eigenvalue weighted by atomic mass is 16.6. The maximum Gasteiger partial charge on any atom is 0.312 e. The summed E-state index contributed by atoms with van der Waals surface area (Å²) >= 11 is 0. The predicted molar refractivity (Wildman–Crippen MR) is 73.3 cm³/mol. The molecule has 0 radical (unpaired) electrons. The Balaban J connectivity index is 2.13.